The van der Waals surface area contributed by atoms with E-state index in [9.17, 15) is 10.0 Å². The number of benzene rings is 1. The molecule has 6 nitrogen and oxygen atoms in total. The number of rotatable bonds is 8. The second kappa shape index (κ2) is 10.3. The predicted molar refractivity (Wildman–Crippen MR) is 143 cm³/mol. The molecule has 4 unspecified atom stereocenters. The van der Waals surface area contributed by atoms with Crippen LogP contribution in [-0.2, 0) is 11.2 Å². The van der Waals surface area contributed by atoms with Crippen molar-refractivity contribution in [2.45, 2.75) is 97.2 Å². The van der Waals surface area contributed by atoms with E-state index < -0.39 is 5.54 Å². The van der Waals surface area contributed by atoms with E-state index >= 15 is 0 Å². The Hall–Kier alpha value is -1.63. The Morgan fingerprint density at radius 2 is 1.78 bits per heavy atom. The quantitative estimate of drug-likeness (QED) is 0.479. The third-order valence-corrected chi connectivity index (χ3v) is 9.38. The molecule has 4 rings (SSSR count). The second-order valence-electron chi connectivity index (χ2n) is 13.1. The molecule has 1 N–H and O–H groups in total. The van der Waals surface area contributed by atoms with Crippen molar-refractivity contribution in [3.8, 4) is 11.5 Å². The topological polar surface area (TPSA) is 62.2 Å². The minimum absolute atomic E-state index is 0.131. The molecule has 2 fully saturated rings. The number of fused-ring (bicyclic) bond motifs is 3. The highest BCUT2D eigenvalue weighted by Gasteiger charge is 2.53. The third-order valence-electron chi connectivity index (χ3n) is 9.38. The highest BCUT2D eigenvalue weighted by molar-refractivity contribution is 5.82. The van der Waals surface area contributed by atoms with E-state index in [0.717, 1.165) is 43.9 Å². The molecule has 0 amide bonds. The molecule has 2 saturated heterocycles. The van der Waals surface area contributed by atoms with Crippen LogP contribution < -0.4 is 9.47 Å². The molecular weight excluding hydrogens is 452 g/mol. The molecule has 0 radical (unpaired) electrons. The Morgan fingerprint density at radius 1 is 1.11 bits per heavy atom. The van der Waals surface area contributed by atoms with Gasteiger partial charge in [0.2, 0.25) is 0 Å². The van der Waals surface area contributed by atoms with E-state index in [0.29, 0.717) is 42.4 Å². The van der Waals surface area contributed by atoms with Gasteiger partial charge in [-0.15, -0.1) is 0 Å². The average molecular weight is 501 g/mol. The molecule has 6 heteroatoms. The number of methoxy groups -OCH3 is 2. The van der Waals surface area contributed by atoms with E-state index in [1.165, 1.54) is 22.6 Å². The van der Waals surface area contributed by atoms with Gasteiger partial charge in [0.05, 0.1) is 19.8 Å². The maximum Gasteiger partial charge on any atom is 0.161 e. The fraction of sp³-hybridized carbons (Fsp3) is 0.767. The zero-order chi connectivity index (χ0) is 26.4. The zero-order valence-electron chi connectivity index (χ0n) is 23.8. The molecule has 3 heterocycles. The molecule has 3 aliphatic rings. The van der Waals surface area contributed by atoms with E-state index in [1.54, 1.807) is 14.2 Å². The highest BCUT2D eigenvalue weighted by Crippen LogP contribution is 2.48. The number of carbonyl (C=O) groups is 1. The van der Waals surface area contributed by atoms with E-state index in [2.05, 4.69) is 30.9 Å². The van der Waals surface area contributed by atoms with Crippen molar-refractivity contribution >= 4 is 5.78 Å². The number of ketones is 1. The molecule has 4 atom stereocenters. The fourth-order valence-corrected chi connectivity index (χ4v) is 7.50. The van der Waals surface area contributed by atoms with Crippen molar-refractivity contribution in [1.29, 1.82) is 0 Å². The number of hydroxylamine groups is 2. The first-order valence-electron chi connectivity index (χ1n) is 13.9. The summed E-state index contributed by atoms with van der Waals surface area (Å²) in [4.78, 5) is 16.2. The van der Waals surface area contributed by atoms with Crippen molar-refractivity contribution in [3.05, 3.63) is 23.3 Å². The minimum atomic E-state index is -0.529. The van der Waals surface area contributed by atoms with Crippen LogP contribution in [0.25, 0.3) is 0 Å². The molecule has 0 spiro atoms. The summed E-state index contributed by atoms with van der Waals surface area (Å²) in [6, 6.07) is 4.72. The van der Waals surface area contributed by atoms with Gasteiger partial charge in [0.1, 0.15) is 5.78 Å². The Morgan fingerprint density at radius 3 is 2.36 bits per heavy atom. The van der Waals surface area contributed by atoms with Crippen LogP contribution in [0.2, 0.25) is 0 Å². The van der Waals surface area contributed by atoms with Gasteiger partial charge in [-0.05, 0) is 101 Å². The molecule has 0 aromatic heterocycles. The number of Topliss-reactive ketones (excluding diaryl/α,β-unsaturated/α-hetero) is 1. The van der Waals surface area contributed by atoms with Crippen LogP contribution in [-0.4, -0.2) is 59.3 Å². The van der Waals surface area contributed by atoms with Gasteiger partial charge < -0.3 is 14.7 Å². The lowest BCUT2D eigenvalue weighted by Crippen LogP contribution is -2.48. The summed E-state index contributed by atoms with van der Waals surface area (Å²) in [5.41, 5.74) is 1.83. The van der Waals surface area contributed by atoms with Crippen LogP contribution in [0.5, 0.6) is 11.5 Å². The average Bonchev–Trinajstić information content (AvgIpc) is 3.00. The summed E-state index contributed by atoms with van der Waals surface area (Å²) in [5.74, 6) is 3.55. The van der Waals surface area contributed by atoms with Crippen molar-refractivity contribution in [3.63, 3.8) is 0 Å². The number of hydrogen-bond donors (Lipinski definition) is 1. The van der Waals surface area contributed by atoms with Gasteiger partial charge in [0.15, 0.2) is 11.5 Å². The molecular formula is C30H48N2O4. The first kappa shape index (κ1) is 27.4. The van der Waals surface area contributed by atoms with Crippen molar-refractivity contribution in [2.75, 3.05) is 27.3 Å². The number of nitrogens with zero attached hydrogens (tertiary/aromatic N) is 2. The monoisotopic (exact) mass is 500 g/mol. The van der Waals surface area contributed by atoms with Crippen molar-refractivity contribution in [2.24, 2.45) is 23.7 Å². The number of carbonyl (C=O) groups excluding carboxylic acids is 1. The Balaban J connectivity index is 1.53. The first-order chi connectivity index (χ1) is 16.9. The van der Waals surface area contributed by atoms with Crippen LogP contribution in [0.15, 0.2) is 12.1 Å². The first-order valence-corrected chi connectivity index (χ1v) is 13.9. The summed E-state index contributed by atoms with van der Waals surface area (Å²) < 4.78 is 11.2. The molecule has 1 aromatic rings. The molecule has 0 saturated carbocycles. The summed E-state index contributed by atoms with van der Waals surface area (Å²) in [6.45, 7) is 14.9. The van der Waals surface area contributed by atoms with Gasteiger partial charge in [0, 0.05) is 37.0 Å². The largest absolute Gasteiger partial charge is 0.493 e. The summed E-state index contributed by atoms with van der Waals surface area (Å²) in [5, 5.41) is 12.1. The summed E-state index contributed by atoms with van der Waals surface area (Å²) in [7, 11) is 3.41. The SMILES string of the molecule is COc1cc2c(cc1OC)C1CC(CCC(=O)C3CC(C)(C)N(O)C3(C)C)C(CC(C)C)CN1CC2. The standard InChI is InChI=1S/C30H48N2O4/c1-19(2)13-22-18-31-12-11-21-15-27(35-7)28(36-8)16-23(21)25(31)14-20(22)9-10-26(33)24-17-29(3,4)32(34)30(24,5)6/h15-16,19-20,22,24-25,34H,9-14,17-18H2,1-8H3. The van der Waals surface area contributed by atoms with E-state index in [4.69, 9.17) is 9.47 Å². The molecule has 3 aliphatic heterocycles. The zero-order valence-corrected chi connectivity index (χ0v) is 23.8. The number of piperidine rings is 1. The molecule has 0 aliphatic carbocycles. The molecule has 36 heavy (non-hydrogen) atoms. The summed E-state index contributed by atoms with van der Waals surface area (Å²) in [6.07, 6.45) is 5.56. The smallest absolute Gasteiger partial charge is 0.161 e. The minimum Gasteiger partial charge on any atom is -0.493 e. The number of ether oxygens (including phenoxy) is 2. The lowest BCUT2D eigenvalue weighted by molar-refractivity contribution is -0.197. The second-order valence-corrected chi connectivity index (χ2v) is 13.1. The van der Waals surface area contributed by atoms with Crippen LogP contribution in [0.4, 0.5) is 0 Å². The van der Waals surface area contributed by atoms with Gasteiger partial charge in [-0.3, -0.25) is 9.69 Å². The van der Waals surface area contributed by atoms with E-state index in [1.807, 2.05) is 27.7 Å². The van der Waals surface area contributed by atoms with Gasteiger partial charge in [-0.2, -0.15) is 5.06 Å². The van der Waals surface area contributed by atoms with E-state index in [-0.39, 0.29) is 11.5 Å². The van der Waals surface area contributed by atoms with Gasteiger partial charge >= 0.3 is 0 Å². The Labute approximate surface area is 218 Å². The Kier molecular flexibility index (Phi) is 7.81. The van der Waals surface area contributed by atoms with Crippen LogP contribution in [0.1, 0.15) is 90.8 Å². The number of hydrogen-bond acceptors (Lipinski definition) is 6. The predicted octanol–water partition coefficient (Wildman–Crippen LogP) is 5.90. The van der Waals surface area contributed by atoms with Crippen LogP contribution >= 0.6 is 0 Å². The molecule has 0 bridgehead atoms. The van der Waals surface area contributed by atoms with Gasteiger partial charge in [0.25, 0.3) is 0 Å². The van der Waals surface area contributed by atoms with Gasteiger partial charge in [-0.1, -0.05) is 13.8 Å². The van der Waals surface area contributed by atoms with Crippen LogP contribution in [0, 0.1) is 23.7 Å². The fourth-order valence-electron chi connectivity index (χ4n) is 7.50. The maximum atomic E-state index is 13.5. The normalized spacial score (nSPS) is 29.6. The maximum absolute atomic E-state index is 13.5. The summed E-state index contributed by atoms with van der Waals surface area (Å²) >= 11 is 0. The lowest BCUT2D eigenvalue weighted by atomic mass is 9.71. The molecule has 1 aromatic carbocycles. The van der Waals surface area contributed by atoms with Crippen molar-refractivity contribution in [1.82, 2.24) is 9.96 Å². The highest BCUT2D eigenvalue weighted by atomic mass is 16.5. The Bertz CT molecular complexity index is 957. The van der Waals surface area contributed by atoms with Gasteiger partial charge in [-0.25, -0.2) is 0 Å². The lowest BCUT2D eigenvalue weighted by Gasteiger charge is -2.48. The molecule has 202 valence electrons. The third kappa shape index (κ3) is 5.06. The van der Waals surface area contributed by atoms with Crippen LogP contribution in [0.3, 0.4) is 0 Å². The van der Waals surface area contributed by atoms with Crippen molar-refractivity contribution < 1.29 is 19.5 Å².